The van der Waals surface area contributed by atoms with Gasteiger partial charge in [0.2, 0.25) is 5.91 Å². The zero-order chi connectivity index (χ0) is 20.6. The van der Waals surface area contributed by atoms with Gasteiger partial charge in [-0.3, -0.25) is 9.78 Å². The van der Waals surface area contributed by atoms with Crippen LogP contribution in [0.15, 0.2) is 67.0 Å². The van der Waals surface area contributed by atoms with Crippen LogP contribution in [0.1, 0.15) is 11.1 Å². The number of hydrogen-bond acceptors (Lipinski definition) is 5. The third kappa shape index (κ3) is 5.59. The van der Waals surface area contributed by atoms with Gasteiger partial charge in [0.15, 0.2) is 0 Å². The molecule has 1 N–H and O–H groups in total. The largest absolute Gasteiger partial charge is 0.497 e. The predicted octanol–water partition coefficient (Wildman–Crippen LogP) is 4.85. The molecule has 3 aromatic rings. The Balaban J connectivity index is 1.66. The highest BCUT2D eigenvalue weighted by Gasteiger charge is 2.05. The molecule has 0 radical (unpaired) electrons. The Bertz CT molecular complexity index is 994. The first-order valence-electron chi connectivity index (χ1n) is 8.98. The Morgan fingerprint density at radius 2 is 1.76 bits per heavy atom. The zero-order valence-electron chi connectivity index (χ0n) is 16.5. The molecule has 6 nitrogen and oxygen atoms in total. The van der Waals surface area contributed by atoms with E-state index in [2.05, 4.69) is 10.3 Å². The van der Waals surface area contributed by atoms with E-state index in [0.717, 1.165) is 11.1 Å². The summed E-state index contributed by atoms with van der Waals surface area (Å²) in [5, 5.41) is 2.85. The zero-order valence-corrected chi connectivity index (χ0v) is 16.5. The van der Waals surface area contributed by atoms with E-state index in [9.17, 15) is 4.79 Å². The van der Waals surface area contributed by atoms with Gasteiger partial charge in [-0.25, -0.2) is 0 Å². The SMILES string of the molecule is COc1cc(/C=C/C(=O)Nc2ccc(Oc3cccnc3)c(C)c2)cc(OC)c1. The van der Waals surface area contributed by atoms with Gasteiger partial charge in [0.05, 0.1) is 20.4 Å². The van der Waals surface area contributed by atoms with Crippen molar-refractivity contribution in [2.45, 2.75) is 6.92 Å². The molecule has 3 rings (SSSR count). The molecule has 0 saturated carbocycles. The topological polar surface area (TPSA) is 69.7 Å². The summed E-state index contributed by atoms with van der Waals surface area (Å²) in [6.07, 6.45) is 6.50. The number of aromatic nitrogens is 1. The summed E-state index contributed by atoms with van der Waals surface area (Å²) >= 11 is 0. The Morgan fingerprint density at radius 3 is 2.38 bits per heavy atom. The van der Waals surface area contributed by atoms with Gasteiger partial charge in [0.25, 0.3) is 0 Å². The predicted molar refractivity (Wildman–Crippen MR) is 113 cm³/mol. The maximum absolute atomic E-state index is 12.3. The van der Waals surface area contributed by atoms with Crippen molar-refractivity contribution in [1.82, 2.24) is 4.98 Å². The minimum Gasteiger partial charge on any atom is -0.497 e. The monoisotopic (exact) mass is 390 g/mol. The van der Waals surface area contributed by atoms with Crippen LogP contribution in [0.5, 0.6) is 23.0 Å². The molecular weight excluding hydrogens is 368 g/mol. The Hall–Kier alpha value is -3.80. The molecule has 0 saturated heterocycles. The van der Waals surface area contributed by atoms with Gasteiger partial charge >= 0.3 is 0 Å². The lowest BCUT2D eigenvalue weighted by atomic mass is 10.1. The fourth-order valence-electron chi connectivity index (χ4n) is 2.66. The number of rotatable bonds is 7. The molecule has 0 aliphatic heterocycles. The fraction of sp³-hybridized carbons (Fsp3) is 0.130. The molecule has 148 valence electrons. The first-order valence-corrected chi connectivity index (χ1v) is 8.98. The molecule has 29 heavy (non-hydrogen) atoms. The average molecular weight is 390 g/mol. The summed E-state index contributed by atoms with van der Waals surface area (Å²) in [5.41, 5.74) is 2.37. The molecule has 0 aliphatic rings. The number of aryl methyl sites for hydroxylation is 1. The summed E-state index contributed by atoms with van der Waals surface area (Å²) in [5.74, 6) is 2.43. The number of ether oxygens (including phenoxy) is 3. The number of hydrogen-bond donors (Lipinski definition) is 1. The van der Waals surface area contributed by atoms with Crippen molar-refractivity contribution in [3.05, 3.63) is 78.1 Å². The summed E-state index contributed by atoms with van der Waals surface area (Å²) in [4.78, 5) is 16.3. The van der Waals surface area contributed by atoms with Gasteiger partial charge < -0.3 is 19.5 Å². The Kier molecular flexibility index (Phi) is 6.47. The van der Waals surface area contributed by atoms with Gasteiger partial charge in [0.1, 0.15) is 23.0 Å². The van der Waals surface area contributed by atoms with E-state index < -0.39 is 0 Å². The van der Waals surface area contributed by atoms with E-state index in [0.29, 0.717) is 28.7 Å². The van der Waals surface area contributed by atoms with Crippen LogP contribution in [0.3, 0.4) is 0 Å². The van der Waals surface area contributed by atoms with Gasteiger partial charge in [-0.1, -0.05) is 0 Å². The van der Waals surface area contributed by atoms with Crippen molar-refractivity contribution in [3.8, 4) is 23.0 Å². The van der Waals surface area contributed by atoms with Crippen molar-refractivity contribution in [2.75, 3.05) is 19.5 Å². The maximum Gasteiger partial charge on any atom is 0.248 e. The number of methoxy groups -OCH3 is 2. The molecule has 0 aliphatic carbocycles. The van der Waals surface area contributed by atoms with Crippen LogP contribution in [0, 0.1) is 6.92 Å². The Labute approximate surface area is 169 Å². The highest BCUT2D eigenvalue weighted by Crippen LogP contribution is 2.27. The summed E-state index contributed by atoms with van der Waals surface area (Å²) < 4.78 is 16.3. The molecule has 6 heteroatoms. The lowest BCUT2D eigenvalue weighted by Gasteiger charge is -2.10. The van der Waals surface area contributed by atoms with Crippen LogP contribution >= 0.6 is 0 Å². The highest BCUT2D eigenvalue weighted by atomic mass is 16.5. The van der Waals surface area contributed by atoms with E-state index in [1.165, 1.54) is 6.08 Å². The van der Waals surface area contributed by atoms with Gasteiger partial charge in [-0.2, -0.15) is 0 Å². The molecule has 2 aromatic carbocycles. The second kappa shape index (κ2) is 9.41. The quantitative estimate of drug-likeness (QED) is 0.584. The molecule has 1 amide bonds. The first kappa shape index (κ1) is 19.9. The lowest BCUT2D eigenvalue weighted by molar-refractivity contribution is -0.111. The summed E-state index contributed by atoms with van der Waals surface area (Å²) in [7, 11) is 3.16. The lowest BCUT2D eigenvalue weighted by Crippen LogP contribution is -2.07. The fourth-order valence-corrected chi connectivity index (χ4v) is 2.66. The number of nitrogens with one attached hydrogen (secondary N) is 1. The number of amides is 1. The van der Waals surface area contributed by atoms with Crippen LogP contribution in [-0.2, 0) is 4.79 Å². The van der Waals surface area contributed by atoms with Crippen LogP contribution in [-0.4, -0.2) is 25.1 Å². The first-order chi connectivity index (χ1) is 14.1. The Morgan fingerprint density at radius 1 is 1.00 bits per heavy atom. The van der Waals surface area contributed by atoms with E-state index in [1.807, 2.05) is 43.3 Å². The second-order valence-corrected chi connectivity index (χ2v) is 6.24. The van der Waals surface area contributed by atoms with Crippen molar-refractivity contribution in [3.63, 3.8) is 0 Å². The van der Waals surface area contributed by atoms with Crippen molar-refractivity contribution in [2.24, 2.45) is 0 Å². The minimum absolute atomic E-state index is 0.243. The number of carbonyl (C=O) groups excluding carboxylic acids is 1. The standard InChI is InChI=1S/C23H22N2O4/c1-16-11-18(7-8-22(16)29-19-5-4-10-24-15-19)25-23(26)9-6-17-12-20(27-2)14-21(13-17)28-3/h4-15H,1-3H3,(H,25,26)/b9-6+. The minimum atomic E-state index is -0.243. The third-order valence-electron chi connectivity index (χ3n) is 4.11. The van der Waals surface area contributed by atoms with E-state index >= 15 is 0 Å². The number of pyridine rings is 1. The molecule has 0 spiro atoms. The molecule has 0 fully saturated rings. The molecule has 0 bridgehead atoms. The van der Waals surface area contributed by atoms with Gasteiger partial charge in [-0.05, 0) is 66.6 Å². The summed E-state index contributed by atoms with van der Waals surface area (Å²) in [6, 6.07) is 14.5. The highest BCUT2D eigenvalue weighted by molar-refractivity contribution is 6.02. The number of benzene rings is 2. The molecule has 0 atom stereocenters. The number of anilines is 1. The number of carbonyl (C=O) groups is 1. The smallest absolute Gasteiger partial charge is 0.248 e. The van der Waals surface area contributed by atoms with Crippen LogP contribution in [0.2, 0.25) is 0 Å². The van der Waals surface area contributed by atoms with Crippen molar-refractivity contribution in [1.29, 1.82) is 0 Å². The third-order valence-corrected chi connectivity index (χ3v) is 4.11. The second-order valence-electron chi connectivity index (χ2n) is 6.24. The molecular formula is C23H22N2O4. The average Bonchev–Trinajstić information content (AvgIpc) is 2.74. The number of nitrogens with zero attached hydrogens (tertiary/aromatic N) is 1. The van der Waals surface area contributed by atoms with E-state index in [4.69, 9.17) is 14.2 Å². The van der Waals surface area contributed by atoms with Crippen molar-refractivity contribution >= 4 is 17.7 Å². The molecule has 1 aromatic heterocycles. The maximum atomic E-state index is 12.3. The van der Waals surface area contributed by atoms with Gasteiger partial charge in [0, 0.05) is 24.0 Å². The van der Waals surface area contributed by atoms with Crippen molar-refractivity contribution < 1.29 is 19.0 Å². The van der Waals surface area contributed by atoms with Crippen LogP contribution in [0.25, 0.3) is 6.08 Å². The molecule has 1 heterocycles. The van der Waals surface area contributed by atoms with E-state index in [-0.39, 0.29) is 5.91 Å². The van der Waals surface area contributed by atoms with E-state index in [1.54, 1.807) is 44.8 Å². The molecule has 0 unspecified atom stereocenters. The van der Waals surface area contributed by atoms with Crippen LogP contribution < -0.4 is 19.5 Å². The van der Waals surface area contributed by atoms with Crippen LogP contribution in [0.4, 0.5) is 5.69 Å². The van der Waals surface area contributed by atoms with Gasteiger partial charge in [-0.15, -0.1) is 0 Å². The normalized spacial score (nSPS) is 10.6. The summed E-state index contributed by atoms with van der Waals surface area (Å²) in [6.45, 7) is 1.92.